The number of hydrogen-bond acceptors (Lipinski definition) is 6. The minimum Gasteiger partial charge on any atom is -0.359 e. The average molecular weight is 321 g/mol. The monoisotopic (exact) mass is 321 g/mol. The summed E-state index contributed by atoms with van der Waals surface area (Å²) in [7, 11) is 0. The van der Waals surface area contributed by atoms with Crippen molar-refractivity contribution in [2.24, 2.45) is 0 Å². The topological polar surface area (TPSA) is 84.2 Å². The second kappa shape index (κ2) is 6.04. The van der Waals surface area contributed by atoms with Crippen molar-refractivity contribution in [1.82, 2.24) is 20.3 Å². The van der Waals surface area contributed by atoms with E-state index >= 15 is 0 Å². The first-order valence-corrected chi connectivity index (χ1v) is 8.20. The highest BCUT2D eigenvalue weighted by Crippen LogP contribution is 2.33. The van der Waals surface area contributed by atoms with Gasteiger partial charge in [0.1, 0.15) is 5.01 Å². The summed E-state index contributed by atoms with van der Waals surface area (Å²) in [5.41, 5.74) is 0.827. The number of anilines is 1. The standard InChI is InChI=1S/C14H19N5O2S/c1-8(2)12-16-17-13(22-12)15-14(20)19-6-4-5-10(19)11-7-9(3)18-21-11/h7-8,10H,4-6H2,1-3H3,(H,15,17,20)/t10-/m0/s1. The molecule has 3 heterocycles. The van der Waals surface area contributed by atoms with Crippen molar-refractivity contribution >= 4 is 22.5 Å². The van der Waals surface area contributed by atoms with Crippen molar-refractivity contribution in [2.75, 3.05) is 11.9 Å². The summed E-state index contributed by atoms with van der Waals surface area (Å²) in [6.45, 7) is 6.68. The molecular weight excluding hydrogens is 302 g/mol. The molecule has 22 heavy (non-hydrogen) atoms. The minimum absolute atomic E-state index is 0.0568. The van der Waals surface area contributed by atoms with Gasteiger partial charge in [-0.1, -0.05) is 30.3 Å². The Morgan fingerprint density at radius 3 is 2.95 bits per heavy atom. The molecule has 118 valence electrons. The van der Waals surface area contributed by atoms with Crippen molar-refractivity contribution in [1.29, 1.82) is 0 Å². The van der Waals surface area contributed by atoms with Gasteiger partial charge in [-0.2, -0.15) is 0 Å². The molecule has 0 spiro atoms. The summed E-state index contributed by atoms with van der Waals surface area (Å²) in [5.74, 6) is 1.05. The van der Waals surface area contributed by atoms with Crippen molar-refractivity contribution in [3.63, 3.8) is 0 Å². The maximum atomic E-state index is 12.5. The molecule has 1 aliphatic rings. The smallest absolute Gasteiger partial charge is 0.324 e. The van der Waals surface area contributed by atoms with Crippen molar-refractivity contribution in [3.05, 3.63) is 22.5 Å². The lowest BCUT2D eigenvalue weighted by Gasteiger charge is -2.22. The van der Waals surface area contributed by atoms with Crippen LogP contribution in [0.2, 0.25) is 0 Å². The van der Waals surface area contributed by atoms with Crippen LogP contribution in [0.3, 0.4) is 0 Å². The first-order valence-electron chi connectivity index (χ1n) is 7.39. The largest absolute Gasteiger partial charge is 0.359 e. The molecule has 0 aromatic carbocycles. The molecule has 0 bridgehead atoms. The molecule has 1 N–H and O–H groups in total. The summed E-state index contributed by atoms with van der Waals surface area (Å²) in [4.78, 5) is 14.3. The van der Waals surface area contributed by atoms with Crippen LogP contribution in [0.1, 0.15) is 55.1 Å². The number of carbonyl (C=O) groups is 1. The van der Waals surface area contributed by atoms with Crippen LogP contribution in [0.4, 0.5) is 9.93 Å². The summed E-state index contributed by atoms with van der Waals surface area (Å²) < 4.78 is 5.32. The lowest BCUT2D eigenvalue weighted by molar-refractivity contribution is 0.195. The van der Waals surface area contributed by atoms with Gasteiger partial charge in [0.15, 0.2) is 5.76 Å². The third-order valence-corrected chi connectivity index (χ3v) is 4.78. The average Bonchev–Trinajstić information content (AvgIpc) is 3.16. The summed E-state index contributed by atoms with van der Waals surface area (Å²) in [6, 6.07) is 1.67. The second-order valence-electron chi connectivity index (χ2n) is 5.75. The normalized spacial score (nSPS) is 18.2. The fraction of sp³-hybridized carbons (Fsp3) is 0.571. The first-order chi connectivity index (χ1) is 10.5. The summed E-state index contributed by atoms with van der Waals surface area (Å²) in [6.07, 6.45) is 1.83. The van der Waals surface area contributed by atoms with Gasteiger partial charge in [0.05, 0.1) is 11.7 Å². The molecule has 0 unspecified atom stereocenters. The zero-order chi connectivity index (χ0) is 15.7. The van der Waals surface area contributed by atoms with E-state index in [1.165, 1.54) is 11.3 Å². The summed E-state index contributed by atoms with van der Waals surface area (Å²) >= 11 is 1.41. The summed E-state index contributed by atoms with van der Waals surface area (Å²) in [5, 5.41) is 16.3. The Morgan fingerprint density at radius 2 is 2.32 bits per heavy atom. The molecule has 0 radical (unpaired) electrons. The van der Waals surface area contributed by atoms with E-state index in [0.717, 1.165) is 29.3 Å². The van der Waals surface area contributed by atoms with Crippen molar-refractivity contribution in [2.45, 2.75) is 45.6 Å². The number of aromatic nitrogens is 3. The Labute approximate surface area is 132 Å². The van der Waals surface area contributed by atoms with E-state index in [1.807, 2.05) is 13.0 Å². The first kappa shape index (κ1) is 15.0. The van der Waals surface area contributed by atoms with E-state index in [4.69, 9.17) is 4.52 Å². The molecule has 1 atom stereocenters. The molecule has 3 rings (SSSR count). The molecule has 0 aliphatic carbocycles. The Morgan fingerprint density at radius 1 is 1.50 bits per heavy atom. The van der Waals surface area contributed by atoms with Gasteiger partial charge in [0.25, 0.3) is 0 Å². The quantitative estimate of drug-likeness (QED) is 0.937. The van der Waals surface area contributed by atoms with Crippen LogP contribution in [-0.2, 0) is 0 Å². The zero-order valence-electron chi connectivity index (χ0n) is 12.9. The van der Waals surface area contributed by atoms with Crippen LogP contribution >= 0.6 is 11.3 Å². The van der Waals surface area contributed by atoms with Gasteiger partial charge in [0, 0.05) is 18.5 Å². The van der Waals surface area contributed by atoms with Crippen LogP contribution < -0.4 is 5.32 Å². The second-order valence-corrected chi connectivity index (χ2v) is 6.76. The number of amides is 2. The van der Waals surface area contributed by atoms with Crippen LogP contribution in [-0.4, -0.2) is 32.8 Å². The lowest BCUT2D eigenvalue weighted by atomic mass is 10.1. The highest BCUT2D eigenvalue weighted by molar-refractivity contribution is 7.15. The molecule has 1 aliphatic heterocycles. The van der Waals surface area contributed by atoms with E-state index in [-0.39, 0.29) is 12.1 Å². The molecule has 8 heteroatoms. The number of rotatable bonds is 3. The van der Waals surface area contributed by atoms with Gasteiger partial charge in [-0.05, 0) is 19.8 Å². The maximum Gasteiger partial charge on any atom is 0.324 e. The third kappa shape index (κ3) is 2.96. The van der Waals surface area contributed by atoms with Gasteiger partial charge < -0.3 is 9.42 Å². The van der Waals surface area contributed by atoms with E-state index < -0.39 is 0 Å². The maximum absolute atomic E-state index is 12.5. The van der Waals surface area contributed by atoms with Gasteiger partial charge >= 0.3 is 6.03 Å². The van der Waals surface area contributed by atoms with E-state index in [0.29, 0.717) is 17.6 Å². The predicted octanol–water partition coefficient (Wildman–Crippen LogP) is 3.33. The molecule has 2 aromatic rings. The van der Waals surface area contributed by atoms with Gasteiger partial charge in [-0.3, -0.25) is 5.32 Å². The molecule has 2 amide bonds. The third-order valence-electron chi connectivity index (χ3n) is 3.64. The SMILES string of the molecule is Cc1cc([C@@H]2CCCN2C(=O)Nc2nnc(C(C)C)s2)on1. The molecule has 2 aromatic heterocycles. The molecule has 1 saturated heterocycles. The number of hydrogen-bond donors (Lipinski definition) is 1. The molecular formula is C14H19N5O2S. The molecule has 1 fully saturated rings. The van der Waals surface area contributed by atoms with Gasteiger partial charge in [-0.15, -0.1) is 10.2 Å². The van der Waals surface area contributed by atoms with Crippen LogP contribution in [0, 0.1) is 6.92 Å². The number of likely N-dealkylation sites (tertiary alicyclic amines) is 1. The minimum atomic E-state index is -0.164. The predicted molar refractivity (Wildman–Crippen MR) is 82.9 cm³/mol. The number of nitrogens with zero attached hydrogens (tertiary/aromatic N) is 4. The fourth-order valence-electron chi connectivity index (χ4n) is 2.53. The van der Waals surface area contributed by atoms with Crippen LogP contribution in [0.25, 0.3) is 0 Å². The lowest BCUT2D eigenvalue weighted by Crippen LogP contribution is -2.34. The van der Waals surface area contributed by atoms with Crippen LogP contribution in [0.5, 0.6) is 0 Å². The Bertz CT molecular complexity index is 666. The number of aryl methyl sites for hydroxylation is 1. The Kier molecular flexibility index (Phi) is 4.10. The van der Waals surface area contributed by atoms with E-state index in [1.54, 1.807) is 4.90 Å². The van der Waals surface area contributed by atoms with Gasteiger partial charge in [-0.25, -0.2) is 4.79 Å². The number of urea groups is 1. The molecule has 7 nitrogen and oxygen atoms in total. The Hall–Kier alpha value is -1.96. The fourth-order valence-corrected chi connectivity index (χ4v) is 3.26. The van der Waals surface area contributed by atoms with E-state index in [2.05, 4.69) is 34.5 Å². The van der Waals surface area contributed by atoms with E-state index in [9.17, 15) is 4.79 Å². The highest BCUT2D eigenvalue weighted by Gasteiger charge is 2.33. The van der Waals surface area contributed by atoms with Crippen molar-refractivity contribution in [3.8, 4) is 0 Å². The van der Waals surface area contributed by atoms with Gasteiger partial charge in [0.2, 0.25) is 5.13 Å². The Balaban J connectivity index is 1.70. The molecule has 0 saturated carbocycles. The number of nitrogens with one attached hydrogen (secondary N) is 1. The highest BCUT2D eigenvalue weighted by atomic mass is 32.1. The number of carbonyl (C=O) groups excluding carboxylic acids is 1. The zero-order valence-corrected chi connectivity index (χ0v) is 13.7. The van der Waals surface area contributed by atoms with Crippen LogP contribution in [0.15, 0.2) is 10.6 Å². The van der Waals surface area contributed by atoms with Crippen molar-refractivity contribution < 1.29 is 9.32 Å².